The third-order valence-electron chi connectivity index (χ3n) is 5.21. The molecule has 0 atom stereocenters. The van der Waals surface area contributed by atoms with E-state index in [1.807, 2.05) is 32.0 Å². The first-order valence-electron chi connectivity index (χ1n) is 9.84. The number of benzene rings is 1. The van der Waals surface area contributed by atoms with Crippen LogP contribution in [0.4, 0.5) is 20.5 Å². The molecule has 1 fully saturated rings. The lowest BCUT2D eigenvalue weighted by Crippen LogP contribution is -2.38. The van der Waals surface area contributed by atoms with Crippen molar-refractivity contribution in [2.75, 3.05) is 30.9 Å². The fourth-order valence-corrected chi connectivity index (χ4v) is 3.51. The maximum absolute atomic E-state index is 13.3. The number of amides is 1. The van der Waals surface area contributed by atoms with E-state index in [9.17, 15) is 13.6 Å². The smallest absolute Gasteiger partial charge is 0.251 e. The third-order valence-corrected chi connectivity index (χ3v) is 5.21. The number of rotatable bonds is 6. The normalized spacial score (nSPS) is 18.9. The minimum absolute atomic E-state index is 0.0439. The summed E-state index contributed by atoms with van der Waals surface area (Å²) in [5, 5.41) is 6.25. The van der Waals surface area contributed by atoms with Crippen LogP contribution >= 0.6 is 0 Å². The van der Waals surface area contributed by atoms with E-state index in [4.69, 9.17) is 0 Å². The molecule has 2 N–H and O–H groups in total. The van der Waals surface area contributed by atoms with Gasteiger partial charge in [0.15, 0.2) is 11.6 Å². The summed E-state index contributed by atoms with van der Waals surface area (Å²) in [6, 6.07) is 5.19. The average molecular weight is 403 g/mol. The number of halogens is 2. The summed E-state index contributed by atoms with van der Waals surface area (Å²) in [5.41, 5.74) is 1.05. The molecule has 0 spiro atoms. The summed E-state index contributed by atoms with van der Waals surface area (Å²) in [6.45, 7) is 2.72. The topological polar surface area (TPSA) is 70.2 Å². The molecule has 0 saturated heterocycles. The molecule has 29 heavy (non-hydrogen) atoms. The van der Waals surface area contributed by atoms with Crippen molar-refractivity contribution in [1.82, 2.24) is 15.3 Å². The molecule has 8 heteroatoms. The molecule has 0 bridgehead atoms. The molecular weight excluding hydrogens is 376 g/mol. The number of carbonyl (C=O) groups is 1. The van der Waals surface area contributed by atoms with Crippen molar-refractivity contribution in [3.8, 4) is 0 Å². The molecule has 0 unspecified atom stereocenters. The Morgan fingerprint density at radius 2 is 1.83 bits per heavy atom. The van der Waals surface area contributed by atoms with Gasteiger partial charge in [-0.2, -0.15) is 4.98 Å². The Hall–Kier alpha value is -2.77. The second-order valence-electron chi connectivity index (χ2n) is 7.79. The Morgan fingerprint density at radius 3 is 2.48 bits per heavy atom. The number of nitrogens with one attached hydrogen (secondary N) is 2. The minimum atomic E-state index is -1.01. The molecule has 1 aliphatic rings. The van der Waals surface area contributed by atoms with Crippen molar-refractivity contribution in [2.24, 2.45) is 5.92 Å². The van der Waals surface area contributed by atoms with E-state index >= 15 is 0 Å². The lowest BCUT2D eigenvalue weighted by atomic mass is 9.86. The Balaban J connectivity index is 1.47. The van der Waals surface area contributed by atoms with Gasteiger partial charge in [0.25, 0.3) is 5.91 Å². The van der Waals surface area contributed by atoms with Crippen molar-refractivity contribution in [1.29, 1.82) is 0 Å². The van der Waals surface area contributed by atoms with Crippen molar-refractivity contribution in [3.05, 3.63) is 47.2 Å². The van der Waals surface area contributed by atoms with E-state index in [-0.39, 0.29) is 17.5 Å². The second-order valence-corrected chi connectivity index (χ2v) is 7.79. The molecule has 0 aliphatic heterocycles. The quantitative estimate of drug-likeness (QED) is 0.772. The van der Waals surface area contributed by atoms with E-state index in [2.05, 4.69) is 20.6 Å². The van der Waals surface area contributed by atoms with E-state index in [1.165, 1.54) is 6.07 Å². The zero-order chi connectivity index (χ0) is 21.0. The average Bonchev–Trinajstić information content (AvgIpc) is 2.69. The molecule has 1 aliphatic carbocycles. The molecular formula is C21H27F2N5O. The molecule has 1 saturated carbocycles. The summed E-state index contributed by atoms with van der Waals surface area (Å²) in [5.74, 6) is -0.368. The number of anilines is 2. The highest BCUT2D eigenvalue weighted by molar-refractivity contribution is 5.94. The van der Waals surface area contributed by atoms with Gasteiger partial charge >= 0.3 is 0 Å². The van der Waals surface area contributed by atoms with Crippen LogP contribution in [0.3, 0.4) is 0 Å². The first-order chi connectivity index (χ1) is 13.8. The van der Waals surface area contributed by atoms with Crippen LogP contribution < -0.4 is 15.5 Å². The fraction of sp³-hybridized carbons (Fsp3) is 0.476. The molecule has 1 aromatic carbocycles. The summed E-state index contributed by atoms with van der Waals surface area (Å²) in [7, 11) is 3.89. The number of aryl methyl sites for hydroxylation is 1. The summed E-state index contributed by atoms with van der Waals surface area (Å²) in [4.78, 5) is 23.1. The van der Waals surface area contributed by atoms with Gasteiger partial charge in [-0.3, -0.25) is 4.79 Å². The summed E-state index contributed by atoms with van der Waals surface area (Å²) in [6.07, 6.45) is 3.61. The standard InChI is InChI=1S/C21H27F2N5O/c1-13-10-19(28(2)3)27-21(25-13)24-12-14-4-7-16(8-5-14)26-20(29)15-6-9-17(22)18(23)11-15/h6,9-11,14,16H,4-5,7-8,12H2,1-3H3,(H,26,29)(H,24,25,27)/t14-,16+. The Kier molecular flexibility index (Phi) is 6.61. The molecule has 2 aromatic rings. The Labute approximate surface area is 169 Å². The van der Waals surface area contributed by atoms with Gasteiger partial charge in [0.1, 0.15) is 5.82 Å². The van der Waals surface area contributed by atoms with E-state index in [1.54, 1.807) is 0 Å². The van der Waals surface area contributed by atoms with Gasteiger partial charge < -0.3 is 15.5 Å². The first-order valence-corrected chi connectivity index (χ1v) is 9.84. The fourth-order valence-electron chi connectivity index (χ4n) is 3.51. The van der Waals surface area contributed by atoms with Gasteiger partial charge in [-0.15, -0.1) is 0 Å². The maximum atomic E-state index is 13.3. The lowest BCUT2D eigenvalue weighted by molar-refractivity contribution is 0.0922. The Morgan fingerprint density at radius 1 is 1.10 bits per heavy atom. The van der Waals surface area contributed by atoms with Crippen LogP contribution in [0.5, 0.6) is 0 Å². The van der Waals surface area contributed by atoms with Crippen LogP contribution in [0.25, 0.3) is 0 Å². The van der Waals surface area contributed by atoms with Crippen LogP contribution in [0, 0.1) is 24.5 Å². The molecule has 3 rings (SSSR count). The van der Waals surface area contributed by atoms with Crippen molar-refractivity contribution in [3.63, 3.8) is 0 Å². The van der Waals surface area contributed by atoms with Gasteiger partial charge in [-0.25, -0.2) is 13.8 Å². The number of aromatic nitrogens is 2. The van der Waals surface area contributed by atoms with E-state index < -0.39 is 11.6 Å². The monoisotopic (exact) mass is 403 g/mol. The van der Waals surface area contributed by atoms with Gasteiger partial charge in [-0.05, 0) is 56.7 Å². The van der Waals surface area contributed by atoms with Crippen LogP contribution in [0.1, 0.15) is 41.7 Å². The number of hydrogen-bond donors (Lipinski definition) is 2. The summed E-state index contributed by atoms with van der Waals surface area (Å²) >= 11 is 0. The highest BCUT2D eigenvalue weighted by Crippen LogP contribution is 2.25. The Bertz CT molecular complexity index is 866. The van der Waals surface area contributed by atoms with E-state index in [0.29, 0.717) is 11.9 Å². The highest BCUT2D eigenvalue weighted by Gasteiger charge is 2.23. The molecule has 1 amide bonds. The van der Waals surface area contributed by atoms with Crippen LogP contribution in [-0.4, -0.2) is 42.6 Å². The predicted molar refractivity (Wildman–Crippen MR) is 109 cm³/mol. The molecule has 1 heterocycles. The zero-order valence-corrected chi connectivity index (χ0v) is 17.0. The van der Waals surface area contributed by atoms with Gasteiger partial charge in [-0.1, -0.05) is 0 Å². The molecule has 6 nitrogen and oxygen atoms in total. The largest absolute Gasteiger partial charge is 0.363 e. The predicted octanol–water partition coefficient (Wildman–Crippen LogP) is 3.53. The molecule has 156 valence electrons. The van der Waals surface area contributed by atoms with Crippen LogP contribution in [0.15, 0.2) is 24.3 Å². The third kappa shape index (κ3) is 5.62. The van der Waals surface area contributed by atoms with Gasteiger partial charge in [0.2, 0.25) is 5.95 Å². The first kappa shape index (κ1) is 21.0. The second kappa shape index (κ2) is 9.15. The number of hydrogen-bond acceptors (Lipinski definition) is 5. The van der Waals surface area contributed by atoms with Gasteiger partial charge in [0.05, 0.1) is 0 Å². The number of carbonyl (C=O) groups excluding carboxylic acids is 1. The van der Waals surface area contributed by atoms with Crippen molar-refractivity contribution in [2.45, 2.75) is 38.6 Å². The number of nitrogens with zero attached hydrogens (tertiary/aromatic N) is 3. The lowest BCUT2D eigenvalue weighted by Gasteiger charge is -2.29. The SMILES string of the molecule is Cc1cc(N(C)C)nc(NC[C@H]2CC[C@@H](NC(=O)c3ccc(F)c(F)c3)CC2)n1. The van der Waals surface area contributed by atoms with Gasteiger partial charge in [0, 0.05) is 44.0 Å². The van der Waals surface area contributed by atoms with E-state index in [0.717, 1.165) is 55.9 Å². The van der Waals surface area contributed by atoms with Crippen molar-refractivity contribution >= 4 is 17.7 Å². The van der Waals surface area contributed by atoms with Crippen LogP contribution in [-0.2, 0) is 0 Å². The van der Waals surface area contributed by atoms with Crippen LogP contribution in [0.2, 0.25) is 0 Å². The molecule has 1 aromatic heterocycles. The zero-order valence-electron chi connectivity index (χ0n) is 17.0. The van der Waals surface area contributed by atoms with Crippen molar-refractivity contribution < 1.29 is 13.6 Å². The summed E-state index contributed by atoms with van der Waals surface area (Å²) < 4.78 is 26.3. The minimum Gasteiger partial charge on any atom is -0.363 e. The maximum Gasteiger partial charge on any atom is 0.251 e. The highest BCUT2D eigenvalue weighted by atomic mass is 19.2. The molecule has 0 radical (unpaired) electrons.